The Morgan fingerprint density at radius 2 is 2.04 bits per heavy atom. The number of nitrogens with one attached hydrogen (secondary N) is 2. The van der Waals surface area contributed by atoms with E-state index in [4.69, 9.17) is 0 Å². The molecule has 0 aliphatic heterocycles. The minimum Gasteiger partial charge on any atom is -0.326 e. The zero-order valence-corrected chi connectivity index (χ0v) is 14.7. The van der Waals surface area contributed by atoms with Crippen molar-refractivity contribution in [2.24, 2.45) is 0 Å². The van der Waals surface area contributed by atoms with Gasteiger partial charge in [0, 0.05) is 17.6 Å². The van der Waals surface area contributed by atoms with Gasteiger partial charge in [0.25, 0.3) is 0 Å². The lowest BCUT2D eigenvalue weighted by molar-refractivity contribution is -0.116. The van der Waals surface area contributed by atoms with E-state index in [0.717, 1.165) is 0 Å². The van der Waals surface area contributed by atoms with Gasteiger partial charge in [-0.3, -0.25) is 9.48 Å². The Balaban J connectivity index is 2.03. The Hall–Kier alpha value is -2.26. The van der Waals surface area contributed by atoms with Crippen molar-refractivity contribution in [3.05, 3.63) is 36.9 Å². The number of carbonyl (C=O) groups is 1. The molecule has 0 aliphatic rings. The average Bonchev–Trinajstić information content (AvgIpc) is 2.96. The van der Waals surface area contributed by atoms with E-state index in [1.54, 1.807) is 37.6 Å². The summed E-state index contributed by atoms with van der Waals surface area (Å²) >= 11 is 0. The van der Waals surface area contributed by atoms with Gasteiger partial charge >= 0.3 is 0 Å². The molecule has 1 amide bonds. The number of aromatic nitrogens is 3. The maximum absolute atomic E-state index is 12.3. The molecule has 0 spiro atoms. The van der Waals surface area contributed by atoms with Gasteiger partial charge < -0.3 is 5.32 Å². The van der Waals surface area contributed by atoms with Gasteiger partial charge in [0.15, 0.2) is 0 Å². The molecular formula is C15H21N5O3S. The summed E-state index contributed by atoms with van der Waals surface area (Å²) in [5, 5.41) is 6.60. The van der Waals surface area contributed by atoms with Crippen LogP contribution in [0.5, 0.6) is 0 Å². The van der Waals surface area contributed by atoms with E-state index in [-0.39, 0.29) is 17.2 Å². The Labute approximate surface area is 141 Å². The molecular weight excluding hydrogens is 330 g/mol. The van der Waals surface area contributed by atoms with Crippen LogP contribution in [0.3, 0.4) is 0 Å². The molecule has 2 aromatic rings. The van der Waals surface area contributed by atoms with Gasteiger partial charge in [-0.05, 0) is 39.0 Å². The number of hydrogen-bond donors (Lipinski definition) is 2. The van der Waals surface area contributed by atoms with Gasteiger partial charge in [-0.2, -0.15) is 5.10 Å². The summed E-state index contributed by atoms with van der Waals surface area (Å²) in [6, 6.07) is 6.15. The Morgan fingerprint density at radius 1 is 1.29 bits per heavy atom. The highest BCUT2D eigenvalue weighted by atomic mass is 32.2. The number of anilines is 1. The minimum absolute atomic E-state index is 0.103. The van der Waals surface area contributed by atoms with E-state index in [1.165, 1.54) is 24.8 Å². The second-order valence-electron chi connectivity index (χ2n) is 6.34. The van der Waals surface area contributed by atoms with Crippen LogP contribution in [0, 0.1) is 0 Å². The topological polar surface area (TPSA) is 106 Å². The van der Waals surface area contributed by atoms with Crippen LogP contribution in [0.1, 0.15) is 27.2 Å². The number of nitrogens with zero attached hydrogens (tertiary/aromatic N) is 3. The van der Waals surface area contributed by atoms with E-state index >= 15 is 0 Å². The minimum atomic E-state index is -3.65. The second-order valence-corrected chi connectivity index (χ2v) is 8.02. The zero-order chi connectivity index (χ0) is 17.8. The van der Waals surface area contributed by atoms with E-state index in [2.05, 4.69) is 20.1 Å². The lowest BCUT2D eigenvalue weighted by Crippen LogP contribution is -2.40. The maximum Gasteiger partial charge on any atom is 0.241 e. The van der Waals surface area contributed by atoms with Crippen LogP contribution in [-0.4, -0.2) is 34.6 Å². The molecule has 0 saturated heterocycles. The van der Waals surface area contributed by atoms with Crippen LogP contribution >= 0.6 is 0 Å². The van der Waals surface area contributed by atoms with E-state index < -0.39 is 15.6 Å². The fourth-order valence-corrected chi connectivity index (χ4v) is 3.45. The van der Waals surface area contributed by atoms with E-state index in [9.17, 15) is 13.2 Å². The summed E-state index contributed by atoms with van der Waals surface area (Å²) in [6.07, 6.45) is 3.13. The predicted molar refractivity (Wildman–Crippen MR) is 89.8 cm³/mol. The van der Waals surface area contributed by atoms with Gasteiger partial charge in [-0.1, -0.05) is 6.07 Å². The van der Waals surface area contributed by atoms with Crippen LogP contribution in [0.2, 0.25) is 0 Å². The zero-order valence-electron chi connectivity index (χ0n) is 13.9. The third-order valence-corrected chi connectivity index (χ3v) is 4.66. The first-order valence-corrected chi connectivity index (χ1v) is 8.90. The van der Waals surface area contributed by atoms with E-state index in [1.807, 2.05) is 0 Å². The van der Waals surface area contributed by atoms with Crippen molar-refractivity contribution in [3.63, 3.8) is 0 Å². The maximum atomic E-state index is 12.3. The monoisotopic (exact) mass is 351 g/mol. The summed E-state index contributed by atoms with van der Waals surface area (Å²) in [7, 11) is -3.65. The molecule has 0 radical (unpaired) electrons. The fourth-order valence-electron chi connectivity index (χ4n) is 1.99. The van der Waals surface area contributed by atoms with Crippen LogP contribution < -0.4 is 10.0 Å². The second kappa shape index (κ2) is 7.10. The number of amides is 1. The summed E-state index contributed by atoms with van der Waals surface area (Å²) in [4.78, 5) is 15.9. The van der Waals surface area contributed by atoms with E-state index in [0.29, 0.717) is 12.2 Å². The lowest BCUT2D eigenvalue weighted by Gasteiger charge is -2.20. The number of sulfonamides is 1. The Morgan fingerprint density at radius 3 is 2.67 bits per heavy atom. The molecule has 0 atom stereocenters. The molecule has 0 saturated carbocycles. The molecule has 0 fully saturated rings. The molecule has 8 nitrogen and oxygen atoms in total. The average molecular weight is 351 g/mol. The normalized spacial score (nSPS) is 12.1. The number of rotatable bonds is 6. The first-order valence-electron chi connectivity index (χ1n) is 7.42. The van der Waals surface area contributed by atoms with Gasteiger partial charge in [-0.25, -0.2) is 18.1 Å². The van der Waals surface area contributed by atoms with Crippen LogP contribution in [0.4, 0.5) is 5.69 Å². The van der Waals surface area contributed by atoms with Crippen molar-refractivity contribution < 1.29 is 13.2 Å². The highest BCUT2D eigenvalue weighted by Crippen LogP contribution is 2.17. The molecule has 1 aromatic heterocycles. The molecule has 9 heteroatoms. The fraction of sp³-hybridized carbons (Fsp3) is 0.400. The van der Waals surface area contributed by atoms with Crippen molar-refractivity contribution in [3.8, 4) is 0 Å². The lowest BCUT2D eigenvalue weighted by atomic mass is 10.1. The van der Waals surface area contributed by atoms with Crippen molar-refractivity contribution in [2.45, 2.75) is 44.2 Å². The quantitative estimate of drug-likeness (QED) is 0.818. The van der Waals surface area contributed by atoms with Gasteiger partial charge in [0.05, 0.1) is 11.4 Å². The highest BCUT2D eigenvalue weighted by Gasteiger charge is 2.22. The van der Waals surface area contributed by atoms with Gasteiger partial charge in [0.2, 0.25) is 15.9 Å². The third-order valence-electron chi connectivity index (χ3n) is 2.90. The summed E-state index contributed by atoms with van der Waals surface area (Å²) in [6.45, 7) is 5.69. The third kappa shape index (κ3) is 5.43. The smallest absolute Gasteiger partial charge is 0.241 e. The van der Waals surface area contributed by atoms with Gasteiger partial charge in [-0.15, -0.1) is 0 Å². The number of carbonyl (C=O) groups excluding carboxylic acids is 1. The molecule has 1 heterocycles. The summed E-state index contributed by atoms with van der Waals surface area (Å²) < 4.78 is 28.8. The molecule has 2 rings (SSSR count). The van der Waals surface area contributed by atoms with Crippen molar-refractivity contribution in [1.82, 2.24) is 19.5 Å². The number of benzene rings is 1. The molecule has 0 bridgehead atoms. The summed E-state index contributed by atoms with van der Waals surface area (Å²) in [5.41, 5.74) is -0.161. The standard InChI is InChI=1S/C15H21N5O3S/c1-15(2,3)19-24(22,23)13-6-4-5-12(9-13)18-14(21)7-8-20-11-16-10-17-20/h4-6,9-11,19H,7-8H2,1-3H3,(H,18,21). The van der Waals surface area contributed by atoms with Crippen LogP contribution in [0.15, 0.2) is 41.8 Å². The van der Waals surface area contributed by atoms with Crippen molar-refractivity contribution in [2.75, 3.05) is 5.32 Å². The highest BCUT2D eigenvalue weighted by molar-refractivity contribution is 7.89. The first kappa shape index (κ1) is 18.1. The molecule has 130 valence electrons. The van der Waals surface area contributed by atoms with Gasteiger partial charge in [0.1, 0.15) is 12.7 Å². The summed E-state index contributed by atoms with van der Waals surface area (Å²) in [5.74, 6) is -0.233. The number of aryl methyl sites for hydroxylation is 1. The molecule has 1 aromatic carbocycles. The molecule has 0 unspecified atom stereocenters. The van der Waals surface area contributed by atoms with Crippen molar-refractivity contribution in [1.29, 1.82) is 0 Å². The van der Waals surface area contributed by atoms with Crippen LogP contribution in [0.25, 0.3) is 0 Å². The Kier molecular flexibility index (Phi) is 5.35. The largest absolute Gasteiger partial charge is 0.326 e. The molecule has 24 heavy (non-hydrogen) atoms. The predicted octanol–water partition coefficient (Wildman–Crippen LogP) is 1.38. The SMILES string of the molecule is CC(C)(C)NS(=O)(=O)c1cccc(NC(=O)CCn2cncn2)c1. The Bertz CT molecular complexity index is 795. The van der Waals surface area contributed by atoms with Crippen molar-refractivity contribution >= 4 is 21.6 Å². The number of hydrogen-bond acceptors (Lipinski definition) is 5. The molecule has 2 N–H and O–H groups in total. The van der Waals surface area contributed by atoms with Crippen LogP contribution in [-0.2, 0) is 21.4 Å². The first-order chi connectivity index (χ1) is 11.2. The molecule has 0 aliphatic carbocycles.